The second-order valence-electron chi connectivity index (χ2n) is 4.15. The summed E-state index contributed by atoms with van der Waals surface area (Å²) in [5.41, 5.74) is 0.485. The highest BCUT2D eigenvalue weighted by Crippen LogP contribution is 2.19. The van der Waals surface area contributed by atoms with Crippen molar-refractivity contribution in [2.24, 2.45) is 0 Å². The Balaban J connectivity index is 2.56. The number of thioether (sulfide) groups is 1. The predicted molar refractivity (Wildman–Crippen MR) is 66.3 cm³/mol. The second-order valence-corrected chi connectivity index (χ2v) is 5.67. The van der Waals surface area contributed by atoms with Crippen LogP contribution in [0.3, 0.4) is 0 Å². The Hall–Kier alpha value is -1.03. The van der Waals surface area contributed by atoms with Gasteiger partial charge in [0.25, 0.3) is 5.91 Å². The number of carbonyl (C=O) groups is 1. The lowest BCUT2D eigenvalue weighted by Crippen LogP contribution is -2.36. The van der Waals surface area contributed by atoms with Gasteiger partial charge in [-0.15, -0.1) is 0 Å². The molecule has 0 saturated carbocycles. The molecule has 88 valence electrons. The fourth-order valence-electron chi connectivity index (χ4n) is 1.07. The van der Waals surface area contributed by atoms with E-state index in [0.29, 0.717) is 12.1 Å². The summed E-state index contributed by atoms with van der Waals surface area (Å²) in [6.07, 6.45) is 2.00. The Bertz CT molecular complexity index is 362. The van der Waals surface area contributed by atoms with E-state index in [2.05, 4.69) is 19.2 Å². The maximum atomic E-state index is 12.6. The van der Waals surface area contributed by atoms with Crippen molar-refractivity contribution in [1.29, 1.82) is 0 Å². The molecule has 4 heteroatoms. The molecule has 0 spiro atoms. The molecule has 0 aliphatic rings. The average Bonchev–Trinajstić information content (AvgIpc) is 2.27. The zero-order chi connectivity index (χ0) is 12.2. The molecular formula is C12H16FNOS. The van der Waals surface area contributed by atoms with Crippen LogP contribution in [-0.4, -0.2) is 23.5 Å². The Morgan fingerprint density at radius 3 is 2.44 bits per heavy atom. The summed E-state index contributed by atoms with van der Waals surface area (Å²) >= 11 is 1.69. The molecule has 1 aromatic rings. The largest absolute Gasteiger partial charge is 0.351 e. The molecule has 0 heterocycles. The van der Waals surface area contributed by atoms with E-state index < -0.39 is 0 Å². The quantitative estimate of drug-likeness (QED) is 0.878. The first-order chi connectivity index (χ1) is 7.44. The molecule has 16 heavy (non-hydrogen) atoms. The summed E-state index contributed by atoms with van der Waals surface area (Å²) in [4.78, 5) is 11.7. The van der Waals surface area contributed by atoms with Crippen LogP contribution in [-0.2, 0) is 0 Å². The molecule has 0 atom stereocenters. The zero-order valence-electron chi connectivity index (χ0n) is 9.71. The summed E-state index contributed by atoms with van der Waals surface area (Å²) in [6.45, 7) is 4.70. The van der Waals surface area contributed by atoms with Gasteiger partial charge in [0, 0.05) is 16.9 Å². The lowest BCUT2D eigenvalue weighted by atomic mass is 10.2. The number of hydrogen-bond donors (Lipinski definition) is 1. The summed E-state index contributed by atoms with van der Waals surface area (Å²) in [6, 6.07) is 5.54. The second kappa shape index (κ2) is 5.34. The molecule has 0 aliphatic heterocycles. The van der Waals surface area contributed by atoms with Gasteiger partial charge in [0.15, 0.2) is 0 Å². The molecule has 0 aromatic heterocycles. The van der Waals surface area contributed by atoms with E-state index >= 15 is 0 Å². The van der Waals surface area contributed by atoms with Crippen LogP contribution in [0.15, 0.2) is 24.3 Å². The molecule has 1 N–H and O–H groups in total. The number of carbonyl (C=O) groups excluding carboxylic acids is 1. The maximum absolute atomic E-state index is 12.6. The Labute approximate surface area is 99.6 Å². The van der Waals surface area contributed by atoms with Crippen molar-refractivity contribution in [3.63, 3.8) is 0 Å². The van der Waals surface area contributed by atoms with Crippen LogP contribution in [0.25, 0.3) is 0 Å². The first-order valence-corrected chi connectivity index (χ1v) is 6.26. The fraction of sp³-hybridized carbons (Fsp3) is 0.417. The van der Waals surface area contributed by atoms with Crippen molar-refractivity contribution in [2.75, 3.05) is 12.8 Å². The summed E-state index contributed by atoms with van der Waals surface area (Å²) in [7, 11) is 0. The molecule has 1 rings (SSSR count). The van der Waals surface area contributed by atoms with E-state index in [-0.39, 0.29) is 16.5 Å². The molecule has 1 amide bonds. The van der Waals surface area contributed by atoms with Crippen LogP contribution in [0, 0.1) is 5.82 Å². The minimum Gasteiger partial charge on any atom is -0.351 e. The molecule has 0 bridgehead atoms. The molecule has 0 unspecified atom stereocenters. The van der Waals surface area contributed by atoms with E-state index in [4.69, 9.17) is 0 Å². The van der Waals surface area contributed by atoms with Gasteiger partial charge in [-0.05, 0) is 44.4 Å². The van der Waals surface area contributed by atoms with Crippen LogP contribution >= 0.6 is 11.8 Å². The third-order valence-electron chi connectivity index (χ3n) is 2.33. The highest BCUT2D eigenvalue weighted by atomic mass is 32.2. The Morgan fingerprint density at radius 2 is 1.94 bits per heavy atom. The smallest absolute Gasteiger partial charge is 0.251 e. The number of nitrogens with one attached hydrogen (secondary N) is 1. The minimum absolute atomic E-state index is 0.00961. The topological polar surface area (TPSA) is 29.1 Å². The van der Waals surface area contributed by atoms with Gasteiger partial charge in [0.05, 0.1) is 0 Å². The molecule has 0 radical (unpaired) electrons. The Kier molecular flexibility index (Phi) is 4.35. The van der Waals surface area contributed by atoms with Crippen molar-refractivity contribution in [3.05, 3.63) is 35.6 Å². The van der Waals surface area contributed by atoms with E-state index in [0.717, 1.165) is 0 Å². The first kappa shape index (κ1) is 13.0. The van der Waals surface area contributed by atoms with Crippen molar-refractivity contribution in [2.45, 2.75) is 18.6 Å². The van der Waals surface area contributed by atoms with Crippen LogP contribution in [0.4, 0.5) is 4.39 Å². The van der Waals surface area contributed by atoms with E-state index in [1.807, 2.05) is 6.26 Å². The standard InChI is InChI=1S/C12H16FNOS/c1-12(2,16-3)8-14-11(15)9-4-6-10(13)7-5-9/h4-7H,8H2,1-3H3,(H,14,15). The number of amides is 1. The summed E-state index contributed by atoms with van der Waals surface area (Å²) in [5, 5.41) is 2.83. The molecular weight excluding hydrogens is 225 g/mol. The third kappa shape index (κ3) is 3.85. The van der Waals surface area contributed by atoms with E-state index in [9.17, 15) is 9.18 Å². The van der Waals surface area contributed by atoms with Gasteiger partial charge in [-0.1, -0.05) is 0 Å². The van der Waals surface area contributed by atoms with Crippen molar-refractivity contribution >= 4 is 17.7 Å². The number of rotatable bonds is 4. The number of halogens is 1. The van der Waals surface area contributed by atoms with Crippen LogP contribution in [0.5, 0.6) is 0 Å². The Morgan fingerprint density at radius 1 is 1.38 bits per heavy atom. The molecule has 2 nitrogen and oxygen atoms in total. The van der Waals surface area contributed by atoms with Crippen molar-refractivity contribution in [1.82, 2.24) is 5.32 Å². The van der Waals surface area contributed by atoms with Gasteiger partial charge in [-0.25, -0.2) is 4.39 Å². The van der Waals surface area contributed by atoms with Gasteiger partial charge < -0.3 is 5.32 Å². The fourth-order valence-corrected chi connectivity index (χ4v) is 1.29. The maximum Gasteiger partial charge on any atom is 0.251 e. The summed E-state index contributed by atoms with van der Waals surface area (Å²) in [5.74, 6) is -0.497. The number of benzene rings is 1. The van der Waals surface area contributed by atoms with E-state index in [1.54, 1.807) is 11.8 Å². The van der Waals surface area contributed by atoms with Crippen LogP contribution in [0.1, 0.15) is 24.2 Å². The number of hydrogen-bond acceptors (Lipinski definition) is 2. The molecule has 1 aromatic carbocycles. The van der Waals surface area contributed by atoms with Gasteiger partial charge >= 0.3 is 0 Å². The summed E-state index contributed by atoms with van der Waals surface area (Å²) < 4.78 is 12.7. The highest BCUT2D eigenvalue weighted by Gasteiger charge is 2.17. The minimum atomic E-state index is -0.332. The monoisotopic (exact) mass is 241 g/mol. The first-order valence-electron chi connectivity index (χ1n) is 5.03. The predicted octanol–water partition coefficient (Wildman–Crippen LogP) is 2.70. The van der Waals surface area contributed by atoms with Gasteiger partial charge in [-0.2, -0.15) is 11.8 Å². The normalized spacial score (nSPS) is 11.2. The average molecular weight is 241 g/mol. The third-order valence-corrected chi connectivity index (χ3v) is 3.58. The van der Waals surface area contributed by atoms with Gasteiger partial charge in [0.1, 0.15) is 5.82 Å². The SMILES string of the molecule is CSC(C)(C)CNC(=O)c1ccc(F)cc1. The van der Waals surface area contributed by atoms with Crippen molar-refractivity contribution < 1.29 is 9.18 Å². The highest BCUT2D eigenvalue weighted by molar-refractivity contribution is 7.99. The molecule has 0 fully saturated rings. The molecule has 0 aliphatic carbocycles. The lowest BCUT2D eigenvalue weighted by molar-refractivity contribution is 0.0951. The van der Waals surface area contributed by atoms with Crippen molar-refractivity contribution in [3.8, 4) is 0 Å². The van der Waals surface area contributed by atoms with Crippen LogP contribution in [0.2, 0.25) is 0 Å². The van der Waals surface area contributed by atoms with Gasteiger partial charge in [0.2, 0.25) is 0 Å². The lowest BCUT2D eigenvalue weighted by Gasteiger charge is -2.22. The zero-order valence-corrected chi connectivity index (χ0v) is 10.5. The van der Waals surface area contributed by atoms with E-state index in [1.165, 1.54) is 24.3 Å². The molecule has 0 saturated heterocycles. The van der Waals surface area contributed by atoms with Gasteiger partial charge in [-0.3, -0.25) is 4.79 Å². The van der Waals surface area contributed by atoms with Crippen LogP contribution < -0.4 is 5.32 Å².